The van der Waals surface area contributed by atoms with Crippen molar-refractivity contribution in [3.63, 3.8) is 0 Å². The molecular weight excluding hydrogens is 390 g/mol. The predicted octanol–water partition coefficient (Wildman–Crippen LogP) is 3.82. The zero-order valence-electron chi connectivity index (χ0n) is 17.8. The number of carbonyl (C=O) groups is 2. The molecule has 1 aromatic heterocycles. The van der Waals surface area contributed by atoms with Crippen molar-refractivity contribution in [1.29, 1.82) is 0 Å². The normalized spacial score (nSPS) is 11.4. The highest BCUT2D eigenvalue weighted by Gasteiger charge is 2.15. The second kappa shape index (κ2) is 10.9. The van der Waals surface area contributed by atoms with Gasteiger partial charge in [-0.15, -0.1) is 0 Å². The van der Waals surface area contributed by atoms with Gasteiger partial charge in [-0.3, -0.25) is 9.59 Å². The summed E-state index contributed by atoms with van der Waals surface area (Å²) in [4.78, 5) is 27.7. The molecule has 0 saturated heterocycles. The number of hydrogen-bond acceptors (Lipinski definition) is 4. The molecule has 0 aliphatic heterocycles. The Balaban J connectivity index is 1.70. The van der Waals surface area contributed by atoms with Gasteiger partial charge in [-0.1, -0.05) is 49.4 Å². The third kappa shape index (κ3) is 6.69. The minimum atomic E-state index is -0.392. The first-order valence-electron chi connectivity index (χ1n) is 10.2. The molecule has 0 saturated carbocycles. The van der Waals surface area contributed by atoms with Crippen LogP contribution in [0.4, 0.5) is 0 Å². The van der Waals surface area contributed by atoms with Crippen LogP contribution in [0.3, 0.4) is 0 Å². The lowest BCUT2D eigenvalue weighted by Gasteiger charge is -2.15. The molecule has 0 bridgehead atoms. The zero-order chi connectivity index (χ0) is 22.1. The molecule has 0 atom stereocenters. The molecular formula is C25H27N3O3. The van der Waals surface area contributed by atoms with Crippen LogP contribution in [0.25, 0.3) is 6.08 Å². The largest absolute Gasteiger partial charge is 0.465 e. The van der Waals surface area contributed by atoms with E-state index in [1.54, 1.807) is 36.4 Å². The topological polar surface area (TPSA) is 74.6 Å². The highest BCUT2D eigenvalue weighted by atomic mass is 16.3. The molecule has 0 radical (unpaired) electrons. The summed E-state index contributed by atoms with van der Waals surface area (Å²) >= 11 is 0. The van der Waals surface area contributed by atoms with Crippen molar-refractivity contribution in [3.05, 3.63) is 101 Å². The lowest BCUT2D eigenvalue weighted by molar-refractivity contribution is -0.117. The molecule has 31 heavy (non-hydrogen) atoms. The Hall–Kier alpha value is -3.64. The quantitative estimate of drug-likeness (QED) is 0.519. The van der Waals surface area contributed by atoms with Gasteiger partial charge in [-0.25, -0.2) is 0 Å². The van der Waals surface area contributed by atoms with Crippen molar-refractivity contribution in [1.82, 2.24) is 15.5 Å². The van der Waals surface area contributed by atoms with E-state index in [1.807, 2.05) is 18.2 Å². The average Bonchev–Trinajstić information content (AvgIpc) is 3.31. The first kappa shape index (κ1) is 22.1. The van der Waals surface area contributed by atoms with Gasteiger partial charge in [-0.2, -0.15) is 0 Å². The number of benzene rings is 2. The Kier molecular flexibility index (Phi) is 7.79. The van der Waals surface area contributed by atoms with Crippen molar-refractivity contribution in [2.24, 2.45) is 0 Å². The monoisotopic (exact) mass is 417 g/mol. The van der Waals surface area contributed by atoms with Crippen molar-refractivity contribution in [3.8, 4) is 0 Å². The van der Waals surface area contributed by atoms with Gasteiger partial charge in [0, 0.05) is 24.7 Å². The second-order valence-electron chi connectivity index (χ2n) is 7.23. The molecule has 0 unspecified atom stereocenters. The number of nitrogens with one attached hydrogen (secondary N) is 2. The second-order valence-corrected chi connectivity index (χ2v) is 7.23. The molecule has 0 fully saturated rings. The van der Waals surface area contributed by atoms with Crippen LogP contribution in [-0.4, -0.2) is 30.3 Å². The van der Waals surface area contributed by atoms with E-state index in [4.69, 9.17) is 4.42 Å². The Bertz CT molecular complexity index is 1030. The van der Waals surface area contributed by atoms with Gasteiger partial charge < -0.3 is 20.0 Å². The molecule has 160 valence electrons. The minimum Gasteiger partial charge on any atom is -0.465 e. The van der Waals surface area contributed by atoms with Crippen LogP contribution in [0.5, 0.6) is 0 Å². The number of carbonyl (C=O) groups excluding carboxylic acids is 2. The highest BCUT2D eigenvalue weighted by molar-refractivity contribution is 6.05. The zero-order valence-corrected chi connectivity index (χ0v) is 17.8. The molecule has 0 aliphatic rings. The van der Waals surface area contributed by atoms with Crippen molar-refractivity contribution < 1.29 is 14.0 Å². The fourth-order valence-electron chi connectivity index (χ4n) is 3.00. The number of amides is 2. The molecule has 2 amide bonds. The first-order chi connectivity index (χ1) is 15.0. The summed E-state index contributed by atoms with van der Waals surface area (Å²) in [5.74, 6) is -0.280. The Morgan fingerprint density at radius 3 is 2.48 bits per heavy atom. The molecule has 2 N–H and O–H groups in total. The summed E-state index contributed by atoms with van der Waals surface area (Å²) in [7, 11) is 2.07. The summed E-state index contributed by atoms with van der Waals surface area (Å²) in [5, 5.41) is 5.58. The van der Waals surface area contributed by atoms with E-state index in [1.165, 1.54) is 17.9 Å². The lowest BCUT2D eigenvalue weighted by atomic mass is 10.1. The van der Waals surface area contributed by atoms with E-state index in [-0.39, 0.29) is 11.6 Å². The summed E-state index contributed by atoms with van der Waals surface area (Å²) in [6.07, 6.45) is 3.03. The molecule has 3 rings (SSSR count). The first-order valence-corrected chi connectivity index (χ1v) is 10.2. The van der Waals surface area contributed by atoms with Gasteiger partial charge in [0.25, 0.3) is 11.8 Å². The summed E-state index contributed by atoms with van der Waals surface area (Å²) < 4.78 is 5.32. The molecule has 6 heteroatoms. The van der Waals surface area contributed by atoms with Gasteiger partial charge >= 0.3 is 0 Å². The van der Waals surface area contributed by atoms with Crippen molar-refractivity contribution in [2.45, 2.75) is 20.0 Å². The van der Waals surface area contributed by atoms with Crippen LogP contribution in [0.15, 0.2) is 83.1 Å². The average molecular weight is 418 g/mol. The van der Waals surface area contributed by atoms with E-state index in [9.17, 15) is 9.59 Å². The molecule has 3 aromatic rings. The van der Waals surface area contributed by atoms with Gasteiger partial charge in [0.2, 0.25) is 0 Å². The molecule has 6 nitrogen and oxygen atoms in total. The maximum Gasteiger partial charge on any atom is 0.268 e. The standard InChI is InChI=1S/C25H27N3O3/c1-3-28(2)18-20-10-7-9-19(15-20)17-26-25(30)23(16-22-13-8-14-31-22)27-24(29)21-11-5-4-6-12-21/h4-16H,3,17-18H2,1-2H3,(H,26,30)(H,27,29). The minimum absolute atomic E-state index is 0.116. The van der Waals surface area contributed by atoms with Gasteiger partial charge in [0.05, 0.1) is 6.26 Å². The van der Waals surface area contributed by atoms with E-state index < -0.39 is 5.91 Å². The number of nitrogens with zero attached hydrogens (tertiary/aromatic N) is 1. The Labute approximate surface area is 182 Å². The Morgan fingerprint density at radius 1 is 1.00 bits per heavy atom. The third-order valence-corrected chi connectivity index (χ3v) is 4.80. The van der Waals surface area contributed by atoms with E-state index >= 15 is 0 Å². The maximum atomic E-state index is 12.9. The SMILES string of the molecule is CCN(C)Cc1cccc(CNC(=O)C(=Cc2ccco2)NC(=O)c2ccccc2)c1. The van der Waals surface area contributed by atoms with Gasteiger partial charge in [-0.05, 0) is 49.0 Å². The Morgan fingerprint density at radius 2 is 1.77 bits per heavy atom. The fourth-order valence-corrected chi connectivity index (χ4v) is 3.00. The number of rotatable bonds is 9. The predicted molar refractivity (Wildman–Crippen MR) is 121 cm³/mol. The lowest BCUT2D eigenvalue weighted by Crippen LogP contribution is -2.34. The fraction of sp³-hybridized carbons (Fsp3) is 0.200. The smallest absolute Gasteiger partial charge is 0.268 e. The summed E-state index contributed by atoms with van der Waals surface area (Å²) in [5.41, 5.74) is 2.75. The van der Waals surface area contributed by atoms with E-state index in [2.05, 4.69) is 41.6 Å². The van der Waals surface area contributed by atoms with Crippen LogP contribution in [0.1, 0.15) is 34.2 Å². The molecule has 0 aliphatic carbocycles. The molecule has 1 heterocycles. The molecule has 0 spiro atoms. The maximum absolute atomic E-state index is 12.9. The van der Waals surface area contributed by atoms with Crippen LogP contribution in [0.2, 0.25) is 0 Å². The van der Waals surface area contributed by atoms with Gasteiger partial charge in [0.1, 0.15) is 11.5 Å². The van der Waals surface area contributed by atoms with Crippen LogP contribution in [-0.2, 0) is 17.9 Å². The van der Waals surface area contributed by atoms with E-state index in [0.717, 1.165) is 18.7 Å². The van der Waals surface area contributed by atoms with Gasteiger partial charge in [0.15, 0.2) is 0 Å². The van der Waals surface area contributed by atoms with Crippen molar-refractivity contribution >= 4 is 17.9 Å². The third-order valence-electron chi connectivity index (χ3n) is 4.80. The number of furan rings is 1. The molecule has 2 aromatic carbocycles. The summed E-state index contributed by atoms with van der Waals surface area (Å²) in [6.45, 7) is 4.26. The number of hydrogen-bond donors (Lipinski definition) is 2. The van der Waals surface area contributed by atoms with Crippen LogP contribution < -0.4 is 10.6 Å². The van der Waals surface area contributed by atoms with Crippen LogP contribution in [0, 0.1) is 0 Å². The summed E-state index contributed by atoms with van der Waals surface area (Å²) in [6, 6.07) is 20.3. The highest BCUT2D eigenvalue weighted by Crippen LogP contribution is 2.10. The van der Waals surface area contributed by atoms with Crippen molar-refractivity contribution in [2.75, 3.05) is 13.6 Å². The van der Waals surface area contributed by atoms with Crippen LogP contribution >= 0.6 is 0 Å². The van der Waals surface area contributed by atoms with E-state index in [0.29, 0.717) is 17.9 Å².